The average molecular weight is 494 g/mol. The molecule has 0 unspecified atom stereocenters. The lowest BCUT2D eigenvalue weighted by Crippen LogP contribution is -2.39. The van der Waals surface area contributed by atoms with Crippen molar-refractivity contribution in [1.82, 2.24) is 25.0 Å². The monoisotopic (exact) mass is 494 g/mol. The van der Waals surface area contributed by atoms with Gasteiger partial charge in [0.25, 0.3) is 0 Å². The van der Waals surface area contributed by atoms with Gasteiger partial charge in [-0.25, -0.2) is 0 Å². The van der Waals surface area contributed by atoms with E-state index < -0.39 is 0 Å². The van der Waals surface area contributed by atoms with Crippen molar-refractivity contribution < 1.29 is 0 Å². The molecule has 1 fully saturated rings. The summed E-state index contributed by atoms with van der Waals surface area (Å²) in [5.74, 6) is 2.13. The van der Waals surface area contributed by atoms with Crippen molar-refractivity contribution in [3.8, 4) is 0 Å². The zero-order chi connectivity index (χ0) is 18.1. The summed E-state index contributed by atoms with van der Waals surface area (Å²) in [6.45, 7) is 4.17. The molecule has 0 atom stereocenters. The van der Waals surface area contributed by atoms with Crippen LogP contribution in [0.5, 0.6) is 0 Å². The van der Waals surface area contributed by atoms with E-state index in [2.05, 4.69) is 50.2 Å². The fourth-order valence-electron chi connectivity index (χ4n) is 3.48. The predicted molar refractivity (Wildman–Crippen MR) is 122 cm³/mol. The first-order chi connectivity index (χ1) is 12.2. The number of nitrogens with one attached hydrogen (secondary N) is 1. The van der Waals surface area contributed by atoms with Crippen molar-refractivity contribution in [3.63, 3.8) is 0 Å². The van der Waals surface area contributed by atoms with Crippen LogP contribution in [0.15, 0.2) is 10.1 Å². The van der Waals surface area contributed by atoms with E-state index in [1.54, 1.807) is 11.8 Å². The highest BCUT2D eigenvalue weighted by atomic mass is 127. The lowest BCUT2D eigenvalue weighted by atomic mass is 10.2. The maximum Gasteiger partial charge on any atom is 0.193 e. The van der Waals surface area contributed by atoms with Gasteiger partial charge in [-0.3, -0.25) is 4.99 Å². The van der Waals surface area contributed by atoms with E-state index in [4.69, 9.17) is 0 Å². The Morgan fingerprint density at radius 1 is 1.31 bits per heavy atom. The Morgan fingerprint density at radius 3 is 2.65 bits per heavy atom. The molecule has 0 amide bonds. The number of unbranched alkanes of at least 4 members (excludes halogenated alkanes) is 1. The van der Waals surface area contributed by atoms with Gasteiger partial charge in [-0.05, 0) is 31.9 Å². The predicted octanol–water partition coefficient (Wildman–Crippen LogP) is 3.97. The minimum atomic E-state index is 0. The van der Waals surface area contributed by atoms with Crippen LogP contribution < -0.4 is 5.32 Å². The standard InChI is InChI=1S/C18H34N6S.HI/c1-5-6-14-23(3)17(19-2)20-13-9-12-16-21-22-18(25-4)24(16)15-10-7-8-11-15;/h15H,5-14H2,1-4H3,(H,19,20);1H. The summed E-state index contributed by atoms with van der Waals surface area (Å²) in [5.41, 5.74) is 0. The summed E-state index contributed by atoms with van der Waals surface area (Å²) >= 11 is 1.71. The molecular weight excluding hydrogens is 459 g/mol. The molecule has 8 heteroatoms. The van der Waals surface area contributed by atoms with Gasteiger partial charge < -0.3 is 14.8 Å². The van der Waals surface area contributed by atoms with Gasteiger partial charge in [0.05, 0.1) is 0 Å². The van der Waals surface area contributed by atoms with Gasteiger partial charge in [-0.2, -0.15) is 0 Å². The zero-order valence-electron chi connectivity index (χ0n) is 16.7. The molecule has 26 heavy (non-hydrogen) atoms. The molecule has 2 rings (SSSR count). The number of hydrogen-bond donors (Lipinski definition) is 1. The van der Waals surface area contributed by atoms with E-state index in [-0.39, 0.29) is 24.0 Å². The Morgan fingerprint density at radius 2 is 2.04 bits per heavy atom. The fourth-order valence-corrected chi connectivity index (χ4v) is 4.05. The highest BCUT2D eigenvalue weighted by molar-refractivity contribution is 14.0. The van der Waals surface area contributed by atoms with Gasteiger partial charge in [-0.15, -0.1) is 34.2 Å². The molecule has 0 radical (unpaired) electrons. The minimum Gasteiger partial charge on any atom is -0.356 e. The topological polar surface area (TPSA) is 58.3 Å². The Bertz CT molecular complexity index is 542. The lowest BCUT2D eigenvalue weighted by molar-refractivity contribution is 0.455. The largest absolute Gasteiger partial charge is 0.356 e. The van der Waals surface area contributed by atoms with E-state index >= 15 is 0 Å². The quantitative estimate of drug-likeness (QED) is 0.185. The van der Waals surface area contributed by atoms with Crippen LogP contribution in [0, 0.1) is 0 Å². The molecule has 0 spiro atoms. The molecule has 150 valence electrons. The highest BCUT2D eigenvalue weighted by Gasteiger charge is 2.23. The van der Waals surface area contributed by atoms with Crippen LogP contribution in [0.1, 0.15) is 63.7 Å². The van der Waals surface area contributed by atoms with Gasteiger partial charge in [0.2, 0.25) is 0 Å². The summed E-state index contributed by atoms with van der Waals surface area (Å²) in [6, 6.07) is 0.605. The summed E-state index contributed by atoms with van der Waals surface area (Å²) in [7, 11) is 3.96. The number of guanidine groups is 1. The van der Waals surface area contributed by atoms with Crippen molar-refractivity contribution in [2.75, 3.05) is 33.4 Å². The van der Waals surface area contributed by atoms with Gasteiger partial charge in [0.1, 0.15) is 5.82 Å². The van der Waals surface area contributed by atoms with Crippen LogP contribution in [0.4, 0.5) is 0 Å². The van der Waals surface area contributed by atoms with Crippen molar-refractivity contribution >= 4 is 41.7 Å². The van der Waals surface area contributed by atoms with Crippen LogP contribution >= 0.6 is 35.7 Å². The molecule has 0 aliphatic heterocycles. The van der Waals surface area contributed by atoms with Crippen LogP contribution in [-0.4, -0.2) is 59.1 Å². The van der Waals surface area contributed by atoms with Gasteiger partial charge >= 0.3 is 0 Å². The minimum absolute atomic E-state index is 0. The van der Waals surface area contributed by atoms with Crippen LogP contribution in [-0.2, 0) is 6.42 Å². The Kier molecular flexibility index (Phi) is 11.6. The molecule has 1 aliphatic rings. The number of aromatic nitrogens is 3. The smallest absolute Gasteiger partial charge is 0.193 e. The van der Waals surface area contributed by atoms with E-state index in [1.165, 1.54) is 38.5 Å². The van der Waals surface area contributed by atoms with Crippen LogP contribution in [0.2, 0.25) is 0 Å². The first-order valence-electron chi connectivity index (χ1n) is 9.60. The first kappa shape index (κ1) is 23.5. The Labute approximate surface area is 180 Å². The van der Waals surface area contributed by atoms with Crippen molar-refractivity contribution in [2.45, 2.75) is 69.5 Å². The third-order valence-corrected chi connectivity index (χ3v) is 5.53. The van der Waals surface area contributed by atoms with Gasteiger partial charge in [0, 0.05) is 39.6 Å². The molecule has 1 aromatic rings. The molecule has 0 aromatic carbocycles. The van der Waals surface area contributed by atoms with Gasteiger partial charge in [0.15, 0.2) is 11.1 Å². The summed E-state index contributed by atoms with van der Waals surface area (Å²) in [5, 5.41) is 13.4. The van der Waals surface area contributed by atoms with Crippen LogP contribution in [0.25, 0.3) is 0 Å². The summed E-state index contributed by atoms with van der Waals surface area (Å²) in [4.78, 5) is 6.58. The maximum atomic E-state index is 4.47. The number of thioether (sulfide) groups is 1. The van der Waals surface area contributed by atoms with Crippen molar-refractivity contribution in [3.05, 3.63) is 5.82 Å². The SMILES string of the molecule is CCCCN(C)C(=NC)NCCCc1nnc(SC)n1C1CCCC1.I. The zero-order valence-corrected chi connectivity index (χ0v) is 19.8. The van der Waals surface area contributed by atoms with E-state index in [0.29, 0.717) is 6.04 Å². The molecule has 1 aliphatic carbocycles. The molecule has 0 bridgehead atoms. The molecule has 6 nitrogen and oxygen atoms in total. The highest BCUT2D eigenvalue weighted by Crippen LogP contribution is 2.33. The second-order valence-electron chi connectivity index (χ2n) is 6.76. The maximum absolute atomic E-state index is 4.47. The van der Waals surface area contributed by atoms with Gasteiger partial charge in [-0.1, -0.05) is 37.9 Å². The normalized spacial score (nSPS) is 15.2. The van der Waals surface area contributed by atoms with Crippen molar-refractivity contribution in [1.29, 1.82) is 0 Å². The average Bonchev–Trinajstić information content (AvgIpc) is 3.28. The number of aliphatic imine (C=N–C) groups is 1. The molecule has 1 aromatic heterocycles. The van der Waals surface area contributed by atoms with E-state index in [0.717, 1.165) is 42.9 Å². The summed E-state index contributed by atoms with van der Waals surface area (Å²) in [6.07, 6.45) is 11.7. The number of hydrogen-bond acceptors (Lipinski definition) is 4. The number of rotatable bonds is 9. The van der Waals surface area contributed by atoms with Crippen LogP contribution in [0.3, 0.4) is 0 Å². The summed E-state index contributed by atoms with van der Waals surface area (Å²) < 4.78 is 2.40. The third-order valence-electron chi connectivity index (χ3n) is 4.89. The fraction of sp³-hybridized carbons (Fsp3) is 0.833. The van der Waals surface area contributed by atoms with E-state index in [1.807, 2.05) is 7.05 Å². The number of aryl methyl sites for hydroxylation is 1. The molecule has 1 saturated carbocycles. The second-order valence-corrected chi connectivity index (χ2v) is 7.54. The Hall–Kier alpha value is -0.510. The molecule has 1 heterocycles. The van der Waals surface area contributed by atoms with Crippen molar-refractivity contribution in [2.24, 2.45) is 4.99 Å². The lowest BCUT2D eigenvalue weighted by Gasteiger charge is -2.22. The number of halogens is 1. The molecule has 0 saturated heterocycles. The van der Waals surface area contributed by atoms with E-state index in [9.17, 15) is 0 Å². The molecular formula is C18H35IN6S. The second kappa shape index (κ2) is 12.8. The third kappa shape index (κ3) is 6.58. The number of nitrogens with zero attached hydrogens (tertiary/aromatic N) is 5. The molecule has 1 N–H and O–H groups in total. The first-order valence-corrected chi connectivity index (χ1v) is 10.8. The Balaban J connectivity index is 0.00000338.